The van der Waals surface area contributed by atoms with Crippen molar-refractivity contribution in [2.75, 3.05) is 13.1 Å². The molecule has 23 heavy (non-hydrogen) atoms. The summed E-state index contributed by atoms with van der Waals surface area (Å²) >= 11 is 0. The Morgan fingerprint density at radius 3 is 2.57 bits per heavy atom. The zero-order valence-electron chi connectivity index (χ0n) is 12.6. The van der Waals surface area contributed by atoms with Gasteiger partial charge in [0.25, 0.3) is 0 Å². The van der Waals surface area contributed by atoms with Crippen LogP contribution in [0.4, 0.5) is 4.39 Å². The van der Waals surface area contributed by atoms with Crippen molar-refractivity contribution in [2.24, 2.45) is 0 Å². The summed E-state index contributed by atoms with van der Waals surface area (Å²) in [7, 11) is -3.79. The summed E-state index contributed by atoms with van der Waals surface area (Å²) in [6, 6.07) is 3.76. The number of hydrogen-bond acceptors (Lipinski definition) is 3. The molecule has 0 aliphatic carbocycles. The van der Waals surface area contributed by atoms with Crippen molar-refractivity contribution in [3.63, 3.8) is 0 Å². The fourth-order valence-corrected chi connectivity index (χ4v) is 4.95. The van der Waals surface area contributed by atoms with Gasteiger partial charge < -0.3 is 5.11 Å². The number of carboxylic acids is 1. The minimum Gasteiger partial charge on any atom is -0.481 e. The molecule has 0 radical (unpaired) electrons. The van der Waals surface area contributed by atoms with Crippen LogP contribution in [0.25, 0.3) is 10.9 Å². The molecule has 0 amide bonds. The molecule has 0 spiro atoms. The molecule has 6 nitrogen and oxygen atoms in total. The second-order valence-electron chi connectivity index (χ2n) is 5.67. The third-order valence-corrected chi connectivity index (χ3v) is 6.14. The molecular formula is C15H17FN2O4S. The van der Waals surface area contributed by atoms with Crippen LogP contribution in [0.5, 0.6) is 0 Å². The van der Waals surface area contributed by atoms with E-state index in [2.05, 4.69) is 0 Å². The predicted molar refractivity (Wildman–Crippen MR) is 83.1 cm³/mol. The first-order valence-electron chi connectivity index (χ1n) is 7.34. The summed E-state index contributed by atoms with van der Waals surface area (Å²) in [6.07, 6.45) is 1.25. The number of benzene rings is 1. The molecule has 1 aliphatic rings. The number of aromatic nitrogens is 1. The van der Waals surface area contributed by atoms with Crippen molar-refractivity contribution in [1.82, 2.24) is 8.28 Å². The molecule has 0 bridgehead atoms. The van der Waals surface area contributed by atoms with Crippen molar-refractivity contribution >= 4 is 27.1 Å². The number of nitrogens with zero attached hydrogens (tertiary/aromatic N) is 2. The Kier molecular flexibility index (Phi) is 3.89. The van der Waals surface area contributed by atoms with E-state index in [0.717, 1.165) is 16.8 Å². The van der Waals surface area contributed by atoms with E-state index in [9.17, 15) is 17.6 Å². The van der Waals surface area contributed by atoms with Gasteiger partial charge in [-0.2, -0.15) is 12.7 Å². The summed E-state index contributed by atoms with van der Waals surface area (Å²) in [5, 5.41) is 9.41. The fraction of sp³-hybridized carbons (Fsp3) is 0.400. The molecular weight excluding hydrogens is 323 g/mol. The highest BCUT2D eigenvalue weighted by Gasteiger charge is 2.31. The highest BCUT2D eigenvalue weighted by atomic mass is 32.2. The van der Waals surface area contributed by atoms with Gasteiger partial charge in [-0.15, -0.1) is 0 Å². The van der Waals surface area contributed by atoms with Gasteiger partial charge >= 0.3 is 16.2 Å². The van der Waals surface area contributed by atoms with Crippen molar-refractivity contribution in [1.29, 1.82) is 0 Å². The Morgan fingerprint density at radius 1 is 1.30 bits per heavy atom. The molecule has 0 unspecified atom stereocenters. The van der Waals surface area contributed by atoms with Gasteiger partial charge in [0.1, 0.15) is 5.82 Å². The van der Waals surface area contributed by atoms with E-state index < -0.39 is 22.0 Å². The first kappa shape index (κ1) is 15.9. The van der Waals surface area contributed by atoms with Crippen LogP contribution in [-0.2, 0) is 21.4 Å². The maximum Gasteiger partial charge on any atom is 0.308 e. The molecule has 1 aromatic carbocycles. The molecule has 1 fully saturated rings. The van der Waals surface area contributed by atoms with Crippen molar-refractivity contribution in [3.8, 4) is 0 Å². The van der Waals surface area contributed by atoms with Gasteiger partial charge in [0.2, 0.25) is 0 Å². The minimum atomic E-state index is -3.79. The normalized spacial score (nSPS) is 16.3. The van der Waals surface area contributed by atoms with Crippen LogP contribution in [0.15, 0.2) is 18.2 Å². The summed E-state index contributed by atoms with van der Waals surface area (Å²) in [6.45, 7) is 2.44. The van der Waals surface area contributed by atoms with Gasteiger partial charge in [-0.3, -0.25) is 4.79 Å². The molecule has 3 rings (SSSR count). The Balaban J connectivity index is 2.28. The Hall–Kier alpha value is -1.93. The Bertz CT molecular complexity index is 883. The summed E-state index contributed by atoms with van der Waals surface area (Å²) in [5.74, 6) is -1.62. The molecule has 1 N–H and O–H groups in total. The van der Waals surface area contributed by atoms with Crippen LogP contribution in [0.1, 0.15) is 24.1 Å². The molecule has 1 saturated heterocycles. The number of fused-ring (bicyclic) bond motifs is 1. The van der Waals surface area contributed by atoms with Crippen molar-refractivity contribution in [2.45, 2.75) is 26.2 Å². The number of halogens is 1. The van der Waals surface area contributed by atoms with E-state index in [1.807, 2.05) is 0 Å². The minimum absolute atomic E-state index is 0.312. The molecule has 8 heteroatoms. The third kappa shape index (κ3) is 2.61. The monoisotopic (exact) mass is 340 g/mol. The van der Waals surface area contributed by atoms with E-state index in [-0.39, 0.29) is 6.42 Å². The average molecular weight is 340 g/mol. The summed E-state index contributed by atoms with van der Waals surface area (Å²) in [4.78, 5) is 11.1. The van der Waals surface area contributed by atoms with Crippen LogP contribution in [0, 0.1) is 12.7 Å². The van der Waals surface area contributed by atoms with Crippen molar-refractivity contribution in [3.05, 3.63) is 35.3 Å². The molecule has 2 aromatic rings. The maximum absolute atomic E-state index is 13.6. The summed E-state index contributed by atoms with van der Waals surface area (Å²) < 4.78 is 41.9. The van der Waals surface area contributed by atoms with Crippen LogP contribution < -0.4 is 0 Å². The van der Waals surface area contributed by atoms with Gasteiger partial charge in [0, 0.05) is 24.2 Å². The van der Waals surface area contributed by atoms with Gasteiger partial charge in [0.05, 0.1) is 11.9 Å². The number of rotatable bonds is 4. The number of hydrogen-bond donors (Lipinski definition) is 1. The highest BCUT2D eigenvalue weighted by Crippen LogP contribution is 2.30. The smallest absolute Gasteiger partial charge is 0.308 e. The van der Waals surface area contributed by atoms with Gasteiger partial charge in [-0.25, -0.2) is 8.36 Å². The molecule has 124 valence electrons. The molecule has 0 atom stereocenters. The van der Waals surface area contributed by atoms with E-state index >= 15 is 0 Å². The van der Waals surface area contributed by atoms with Gasteiger partial charge in [0.15, 0.2) is 0 Å². The van der Waals surface area contributed by atoms with E-state index in [1.165, 1.54) is 22.5 Å². The van der Waals surface area contributed by atoms with Crippen LogP contribution in [0.3, 0.4) is 0 Å². The summed E-state index contributed by atoms with van der Waals surface area (Å²) in [5.41, 5.74) is 0.960. The van der Waals surface area contributed by atoms with E-state index in [4.69, 9.17) is 5.11 Å². The number of carbonyl (C=O) groups is 1. The van der Waals surface area contributed by atoms with E-state index in [0.29, 0.717) is 35.2 Å². The second kappa shape index (κ2) is 5.61. The number of carboxylic acid groups (broad SMARTS) is 1. The predicted octanol–water partition coefficient (Wildman–Crippen LogP) is 1.90. The zero-order chi connectivity index (χ0) is 16.8. The second-order valence-corrected chi connectivity index (χ2v) is 7.45. The van der Waals surface area contributed by atoms with Crippen molar-refractivity contribution < 1.29 is 22.7 Å². The fourth-order valence-electron chi connectivity index (χ4n) is 3.13. The highest BCUT2D eigenvalue weighted by molar-refractivity contribution is 7.87. The molecule has 1 aliphatic heterocycles. The third-order valence-electron chi connectivity index (χ3n) is 4.19. The lowest BCUT2D eigenvalue weighted by Crippen LogP contribution is -2.33. The topological polar surface area (TPSA) is 79.6 Å². The molecule has 2 heterocycles. The largest absolute Gasteiger partial charge is 0.481 e. The van der Waals surface area contributed by atoms with Crippen LogP contribution in [0.2, 0.25) is 0 Å². The standard InChI is InChI=1S/C15H17FN2O4S/c1-10-12(9-15(19)20)13-8-11(16)4-5-14(13)18(10)23(21,22)17-6-2-3-7-17/h4-5,8H,2-3,6-7,9H2,1H3,(H,19,20). The first-order chi connectivity index (χ1) is 10.8. The number of aliphatic carboxylic acids is 1. The maximum atomic E-state index is 13.6. The average Bonchev–Trinajstić information content (AvgIpc) is 3.08. The SMILES string of the molecule is Cc1c(CC(=O)O)c2cc(F)ccc2n1S(=O)(=O)N1CCCC1. The van der Waals surface area contributed by atoms with Crippen LogP contribution >= 0.6 is 0 Å². The quantitative estimate of drug-likeness (QED) is 0.922. The lowest BCUT2D eigenvalue weighted by Gasteiger charge is -2.18. The Labute approximate surface area is 133 Å². The van der Waals surface area contributed by atoms with Gasteiger partial charge in [-0.05, 0) is 43.5 Å². The molecule has 0 saturated carbocycles. The molecule has 1 aromatic heterocycles. The first-order valence-corrected chi connectivity index (χ1v) is 8.74. The lowest BCUT2D eigenvalue weighted by atomic mass is 10.1. The van der Waals surface area contributed by atoms with E-state index in [1.54, 1.807) is 6.92 Å². The zero-order valence-corrected chi connectivity index (χ0v) is 13.4. The van der Waals surface area contributed by atoms with Gasteiger partial charge in [-0.1, -0.05) is 0 Å². The lowest BCUT2D eigenvalue weighted by molar-refractivity contribution is -0.136. The van der Waals surface area contributed by atoms with Crippen LogP contribution in [-0.4, -0.2) is 40.9 Å². The Morgan fingerprint density at radius 2 is 1.96 bits per heavy atom.